The van der Waals surface area contributed by atoms with Crippen LogP contribution in [0.25, 0.3) is 10.6 Å². The predicted molar refractivity (Wildman–Crippen MR) is 122 cm³/mol. The summed E-state index contributed by atoms with van der Waals surface area (Å²) < 4.78 is 5.80. The maximum atomic E-state index is 12.3. The van der Waals surface area contributed by atoms with E-state index in [0.717, 1.165) is 33.0 Å². The van der Waals surface area contributed by atoms with Gasteiger partial charge < -0.3 is 10.1 Å². The Bertz CT molecular complexity index is 1080. The van der Waals surface area contributed by atoms with Gasteiger partial charge in [-0.3, -0.25) is 4.79 Å². The fourth-order valence-corrected chi connectivity index (χ4v) is 4.56. The predicted octanol–water partition coefficient (Wildman–Crippen LogP) is 5.45. The fourth-order valence-electron chi connectivity index (χ4n) is 3.02. The molecule has 4 nitrogen and oxygen atoms in total. The third kappa shape index (κ3) is 5.86. The highest BCUT2D eigenvalue weighted by molar-refractivity contribution is 7.14. The zero-order chi connectivity index (χ0) is 20.6. The molecule has 0 aliphatic heterocycles. The molecule has 2 aromatic heterocycles. The molecule has 1 amide bonds. The highest BCUT2D eigenvalue weighted by Crippen LogP contribution is 2.25. The standard InChI is InChI=1S/C24H22N2O2S2/c27-23(12-22-17-30-24(26-22)21-9-10-29-16-21)25-13-19-7-4-8-20(11-19)15-28-14-18-5-2-1-3-6-18/h1-11,16-17H,12-15H2,(H,25,27). The zero-order valence-corrected chi connectivity index (χ0v) is 18.0. The zero-order valence-electron chi connectivity index (χ0n) is 16.4. The smallest absolute Gasteiger partial charge is 0.226 e. The van der Waals surface area contributed by atoms with E-state index < -0.39 is 0 Å². The van der Waals surface area contributed by atoms with Crippen LogP contribution in [0.5, 0.6) is 0 Å². The van der Waals surface area contributed by atoms with Crippen LogP contribution in [0.1, 0.15) is 22.4 Å². The lowest BCUT2D eigenvalue weighted by atomic mass is 10.1. The van der Waals surface area contributed by atoms with Crippen LogP contribution in [0, 0.1) is 0 Å². The molecular weight excluding hydrogens is 412 g/mol. The highest BCUT2D eigenvalue weighted by atomic mass is 32.1. The number of amides is 1. The lowest BCUT2D eigenvalue weighted by Crippen LogP contribution is -2.24. The Labute approximate surface area is 184 Å². The van der Waals surface area contributed by atoms with Gasteiger partial charge in [0.1, 0.15) is 5.01 Å². The van der Waals surface area contributed by atoms with Gasteiger partial charge in [-0.05, 0) is 28.1 Å². The summed E-state index contributed by atoms with van der Waals surface area (Å²) in [6, 6.07) is 20.3. The number of ether oxygens (including phenoxy) is 1. The number of nitrogens with one attached hydrogen (secondary N) is 1. The van der Waals surface area contributed by atoms with Crippen molar-refractivity contribution < 1.29 is 9.53 Å². The first kappa shape index (κ1) is 20.5. The number of rotatable bonds is 9. The Morgan fingerprint density at radius 2 is 1.73 bits per heavy atom. The van der Waals surface area contributed by atoms with E-state index in [1.54, 1.807) is 22.7 Å². The molecule has 0 aliphatic rings. The molecule has 0 fully saturated rings. The minimum absolute atomic E-state index is 0.0251. The van der Waals surface area contributed by atoms with E-state index in [-0.39, 0.29) is 5.91 Å². The largest absolute Gasteiger partial charge is 0.372 e. The van der Waals surface area contributed by atoms with Gasteiger partial charge in [-0.25, -0.2) is 4.98 Å². The fraction of sp³-hybridized carbons (Fsp3) is 0.167. The molecule has 30 heavy (non-hydrogen) atoms. The molecule has 4 aromatic rings. The number of carbonyl (C=O) groups is 1. The van der Waals surface area contributed by atoms with Crippen molar-refractivity contribution in [3.8, 4) is 10.6 Å². The van der Waals surface area contributed by atoms with Crippen molar-refractivity contribution in [1.82, 2.24) is 10.3 Å². The topological polar surface area (TPSA) is 51.2 Å². The van der Waals surface area contributed by atoms with Crippen molar-refractivity contribution in [3.63, 3.8) is 0 Å². The second kappa shape index (κ2) is 10.3. The molecule has 4 rings (SSSR count). The Kier molecular flexibility index (Phi) is 7.03. The summed E-state index contributed by atoms with van der Waals surface area (Å²) >= 11 is 3.22. The number of thiazole rings is 1. The lowest BCUT2D eigenvalue weighted by molar-refractivity contribution is -0.120. The molecule has 152 valence electrons. The summed E-state index contributed by atoms with van der Waals surface area (Å²) in [6.07, 6.45) is 0.292. The molecule has 0 aliphatic carbocycles. The molecule has 2 aromatic carbocycles. The Morgan fingerprint density at radius 3 is 2.57 bits per heavy atom. The molecule has 1 N–H and O–H groups in total. The average Bonchev–Trinajstić information content (AvgIpc) is 3.45. The number of thiophene rings is 1. The Hall–Kier alpha value is -2.80. The number of hydrogen-bond donors (Lipinski definition) is 1. The van der Waals surface area contributed by atoms with Crippen LogP contribution in [-0.4, -0.2) is 10.9 Å². The van der Waals surface area contributed by atoms with Crippen LogP contribution in [-0.2, 0) is 35.7 Å². The maximum absolute atomic E-state index is 12.3. The Morgan fingerprint density at radius 1 is 0.933 bits per heavy atom. The molecule has 0 saturated carbocycles. The van der Waals surface area contributed by atoms with Crippen LogP contribution in [0.2, 0.25) is 0 Å². The van der Waals surface area contributed by atoms with Crippen LogP contribution in [0.4, 0.5) is 0 Å². The number of carbonyl (C=O) groups excluding carboxylic acids is 1. The summed E-state index contributed by atoms with van der Waals surface area (Å²) in [4.78, 5) is 16.9. The lowest BCUT2D eigenvalue weighted by Gasteiger charge is -2.08. The molecule has 0 saturated heterocycles. The first-order valence-electron chi connectivity index (χ1n) is 9.69. The van der Waals surface area contributed by atoms with E-state index in [9.17, 15) is 4.79 Å². The maximum Gasteiger partial charge on any atom is 0.226 e. The first-order valence-corrected chi connectivity index (χ1v) is 11.5. The highest BCUT2D eigenvalue weighted by Gasteiger charge is 2.09. The second-order valence-corrected chi connectivity index (χ2v) is 8.55. The van der Waals surface area contributed by atoms with Crippen molar-refractivity contribution in [3.05, 3.63) is 99.2 Å². The SMILES string of the molecule is O=C(Cc1csc(-c2ccsc2)n1)NCc1cccc(COCc2ccccc2)c1. The summed E-state index contributed by atoms with van der Waals surface area (Å²) in [7, 11) is 0. The van der Waals surface area contributed by atoms with Gasteiger partial charge in [-0.1, -0.05) is 54.6 Å². The summed E-state index contributed by atoms with van der Waals surface area (Å²) in [5, 5.41) is 10.0. The van der Waals surface area contributed by atoms with Crippen molar-refractivity contribution in [2.45, 2.75) is 26.2 Å². The van der Waals surface area contributed by atoms with Gasteiger partial charge in [0.05, 0.1) is 25.3 Å². The normalized spacial score (nSPS) is 10.8. The molecular formula is C24H22N2O2S2. The van der Waals surface area contributed by atoms with Gasteiger partial charge in [-0.15, -0.1) is 11.3 Å². The second-order valence-electron chi connectivity index (χ2n) is 6.91. The third-order valence-electron chi connectivity index (χ3n) is 4.52. The monoisotopic (exact) mass is 434 g/mol. The van der Waals surface area contributed by atoms with Crippen molar-refractivity contribution in [2.24, 2.45) is 0 Å². The van der Waals surface area contributed by atoms with E-state index >= 15 is 0 Å². The quantitative estimate of drug-likeness (QED) is 0.381. The minimum Gasteiger partial charge on any atom is -0.372 e. The van der Waals surface area contributed by atoms with Crippen LogP contribution in [0.15, 0.2) is 76.8 Å². The molecule has 0 bridgehead atoms. The number of aromatic nitrogens is 1. The van der Waals surface area contributed by atoms with Crippen LogP contribution in [0.3, 0.4) is 0 Å². The summed E-state index contributed by atoms with van der Waals surface area (Å²) in [5.74, 6) is -0.0251. The van der Waals surface area contributed by atoms with E-state index in [2.05, 4.69) is 33.9 Å². The van der Waals surface area contributed by atoms with Gasteiger partial charge in [0.2, 0.25) is 5.91 Å². The van der Waals surface area contributed by atoms with Gasteiger partial charge in [0, 0.05) is 22.9 Å². The number of hydrogen-bond acceptors (Lipinski definition) is 5. The van der Waals surface area contributed by atoms with Crippen molar-refractivity contribution in [1.29, 1.82) is 0 Å². The minimum atomic E-state index is -0.0251. The summed E-state index contributed by atoms with van der Waals surface area (Å²) in [5.41, 5.74) is 5.23. The number of benzene rings is 2. The van der Waals surface area contributed by atoms with E-state index in [0.29, 0.717) is 26.2 Å². The molecule has 0 spiro atoms. The molecule has 0 unspecified atom stereocenters. The molecule has 0 atom stereocenters. The van der Waals surface area contributed by atoms with Crippen LogP contribution < -0.4 is 5.32 Å². The van der Waals surface area contributed by atoms with Crippen LogP contribution >= 0.6 is 22.7 Å². The number of nitrogens with zero attached hydrogens (tertiary/aromatic N) is 1. The molecule has 6 heteroatoms. The Balaban J connectivity index is 1.24. The van der Waals surface area contributed by atoms with Gasteiger partial charge in [-0.2, -0.15) is 11.3 Å². The first-order chi connectivity index (χ1) is 14.8. The van der Waals surface area contributed by atoms with E-state index in [1.807, 2.05) is 53.2 Å². The third-order valence-corrected chi connectivity index (χ3v) is 6.15. The van der Waals surface area contributed by atoms with E-state index in [4.69, 9.17) is 4.74 Å². The summed E-state index contributed by atoms with van der Waals surface area (Å²) in [6.45, 7) is 1.62. The van der Waals surface area contributed by atoms with Crippen molar-refractivity contribution >= 4 is 28.6 Å². The molecule has 0 radical (unpaired) electrons. The van der Waals surface area contributed by atoms with Gasteiger partial charge >= 0.3 is 0 Å². The average molecular weight is 435 g/mol. The van der Waals surface area contributed by atoms with Crippen molar-refractivity contribution in [2.75, 3.05) is 0 Å². The van der Waals surface area contributed by atoms with Gasteiger partial charge in [0.15, 0.2) is 0 Å². The van der Waals surface area contributed by atoms with Gasteiger partial charge in [0.25, 0.3) is 0 Å². The van der Waals surface area contributed by atoms with E-state index in [1.165, 1.54) is 0 Å². The molecule has 2 heterocycles.